The molecule has 5 N–H and O–H groups in total. The normalized spacial score (nSPS) is 15.5. The molecule has 0 bridgehead atoms. The first-order valence-electron chi connectivity index (χ1n) is 33.0. The monoisotopic (exact) mass is 1720 g/mol. The second-order valence-corrected chi connectivity index (χ2v) is 37.1. The number of ether oxygens (including phenoxy) is 7. The van der Waals surface area contributed by atoms with E-state index in [0.29, 0.717) is 56.5 Å². The molecule has 28 nitrogen and oxygen atoms in total. The van der Waals surface area contributed by atoms with Gasteiger partial charge in [-0.25, -0.2) is 19.0 Å². The fraction of sp³-hybridized carbons (Fsp3) is 0.691. The van der Waals surface area contributed by atoms with Gasteiger partial charge >= 0.3 is 67.9 Å². The fourth-order valence-electron chi connectivity index (χ4n) is 7.19. The van der Waals surface area contributed by atoms with E-state index in [0.717, 1.165) is 61.5 Å². The van der Waals surface area contributed by atoms with Gasteiger partial charge in [0.15, 0.2) is 17.9 Å². The van der Waals surface area contributed by atoms with Crippen molar-refractivity contribution in [1.29, 1.82) is 0 Å². The Balaban J connectivity index is -0.000000131. The summed E-state index contributed by atoms with van der Waals surface area (Å²) in [5.41, 5.74) is 3.28. The number of pyridine rings is 3. The predicted octanol–water partition coefficient (Wildman–Crippen LogP) is 9.83. The number of esters is 1. The van der Waals surface area contributed by atoms with E-state index in [9.17, 15) is 28.3 Å². The molecule has 2 saturated heterocycles. The van der Waals surface area contributed by atoms with Crippen molar-refractivity contribution in [3.63, 3.8) is 0 Å². The number of halogens is 5. The smallest absolute Gasteiger partial charge is 0.466 e. The molecule has 3 aliphatic heterocycles. The summed E-state index contributed by atoms with van der Waals surface area (Å²) in [6, 6.07) is 11.3. The van der Waals surface area contributed by atoms with Crippen LogP contribution in [0.25, 0.3) is 0 Å². The molecule has 2 fully saturated rings. The minimum Gasteiger partial charge on any atom is -0.466 e. The fourth-order valence-corrected chi connectivity index (χ4v) is 11.2. The van der Waals surface area contributed by atoms with E-state index in [1.165, 1.54) is 46.3 Å². The molecule has 0 saturated carbocycles. The SMILES string of the molecule is C1=NN=NC1.CC(C)(C)OO.CCOC(C)=O.CN(CC(CS)CN(C)C(=O)OC(C)(C)C)C(=O)OC(C)(C)C.CNCC(CNC)CSP1(=O)OCCC(c2cccnc2C)O1.COC(C)(C)OC.Cc1ncccc1C1CCOC(C)(C)O1.Cl.Cl.O.O=Cc1cccnc1.O=P(Cl)(Cl)Cl.[AlH4-].[CH2-]CCC.[Li+].[Li+]. The Hall–Kier alpha value is -1.70. The largest absolute Gasteiger partial charge is 1.00 e. The van der Waals surface area contributed by atoms with E-state index >= 15 is 0 Å². The van der Waals surface area contributed by atoms with E-state index in [2.05, 4.69) is 117 Å². The van der Waals surface area contributed by atoms with Crippen molar-refractivity contribution < 1.29 is 124 Å². The Morgan fingerprint density at radius 3 is 1.53 bits per heavy atom. The van der Waals surface area contributed by atoms with Crippen LogP contribution in [0.5, 0.6) is 0 Å². The standard InChI is InChI=1S/C16H32N2O4S.C15H26N3O3PS.C12H17NO2.C6H5NO.C5H12O2.C4H10O2.C4H8O2.C4H9.C2H3N3.Al.Cl3OP.2ClH.2Li.H2O.4H/c1-15(2,3)21-13(19)17(7)9-12(11-23)10-18(8)14(20)22-16(4,5)6;1-12-14(5-4-7-18-12)15-6-8-20-22(19,21-15)23-11-13(9-16-2)10-17-3;1-9-10(5-4-7-13-9)11-6-8-14-12(2,3)15-11;8-5-6-2-1-3-7-4-6;1-5(2,6-3)7-4;1-4(2,3)6-5;1-3-6-4(2)5;1-3-4-2;1-2-4-5-3-1;;1-5(2,3)4;;;;;;;;;/h12,23H,9-11H2,1-8H3;4-5,7,13,15-17H,6,8-11H2,1-3H3;4-5,7,11H,6,8H2,1-3H3;1-5H;1-4H3;5H,1-3H3;3H2,1-2H3;1,3-4H2,2H3;1H,2H2;;;2*1H;;;1H2;;;;/q;;;;;;;-1;;-1;;;;2*+1;;;;;. The Bertz CT molecular complexity index is 2830. The maximum atomic E-state index is 12.9. The van der Waals surface area contributed by atoms with Gasteiger partial charge in [-0.1, -0.05) is 25.5 Å². The molecule has 6 rings (SSSR count). The number of amides is 2. The van der Waals surface area contributed by atoms with Crippen molar-refractivity contribution in [3.8, 4) is 0 Å². The Kier molecular flexibility index (Phi) is 83.2. The van der Waals surface area contributed by atoms with E-state index in [4.69, 9.17) is 42.7 Å². The first-order chi connectivity index (χ1) is 47.2. The summed E-state index contributed by atoms with van der Waals surface area (Å²) < 4.78 is 69.9. The average molecular weight is 1720 g/mol. The van der Waals surface area contributed by atoms with Crippen LogP contribution in [0.4, 0.5) is 9.59 Å². The third-order valence-corrected chi connectivity index (χ3v) is 16.7. The predicted molar refractivity (Wildman–Crippen MR) is 444 cm³/mol. The van der Waals surface area contributed by atoms with Gasteiger partial charge in [0.05, 0.1) is 50.4 Å². The number of rotatable bonds is 19. The van der Waals surface area contributed by atoms with Crippen molar-refractivity contribution in [1.82, 2.24) is 35.4 Å². The molecule has 108 heavy (non-hydrogen) atoms. The van der Waals surface area contributed by atoms with Gasteiger partial charge in [-0.2, -0.15) is 24.2 Å². The molecule has 40 heteroatoms. The van der Waals surface area contributed by atoms with Crippen molar-refractivity contribution in [2.75, 3.05) is 106 Å². The Labute approximate surface area is 716 Å². The van der Waals surface area contributed by atoms with Gasteiger partial charge in [-0.15, -0.1) is 29.9 Å². The van der Waals surface area contributed by atoms with Crippen molar-refractivity contribution in [2.45, 2.75) is 191 Å². The summed E-state index contributed by atoms with van der Waals surface area (Å²) in [6.07, 6.45) is 12.2. The quantitative estimate of drug-likeness (QED) is 0.00828. The molecular weight excluding hydrogens is 1590 g/mol. The molecule has 0 aromatic carbocycles. The summed E-state index contributed by atoms with van der Waals surface area (Å²) >= 11 is 19.5. The van der Waals surface area contributed by atoms with Gasteiger partial charge in [0, 0.05) is 143 Å². The van der Waals surface area contributed by atoms with Crippen LogP contribution in [0.15, 0.2) is 76.6 Å². The summed E-state index contributed by atoms with van der Waals surface area (Å²) in [4.78, 5) is 63.0. The van der Waals surface area contributed by atoms with Crippen LogP contribution in [0.3, 0.4) is 0 Å². The van der Waals surface area contributed by atoms with Crippen LogP contribution >= 0.6 is 94.5 Å². The zero-order chi connectivity index (χ0) is 79.4. The second kappa shape index (κ2) is 70.7. The van der Waals surface area contributed by atoms with Gasteiger partial charge in [0.2, 0.25) is 0 Å². The average Bonchev–Trinajstić information content (AvgIpc) is 0.918. The zero-order valence-corrected chi connectivity index (χ0v) is 75.5. The topological polar surface area (TPSA) is 353 Å². The van der Waals surface area contributed by atoms with Crippen molar-refractivity contribution in [2.24, 2.45) is 27.3 Å². The van der Waals surface area contributed by atoms with Crippen molar-refractivity contribution in [3.05, 3.63) is 96.2 Å². The number of hydrogen-bond donors (Lipinski definition) is 4. The van der Waals surface area contributed by atoms with Crippen LogP contribution in [0.2, 0.25) is 0 Å². The van der Waals surface area contributed by atoms with Crippen LogP contribution < -0.4 is 48.4 Å². The van der Waals surface area contributed by atoms with E-state index in [1.54, 1.807) is 86.8 Å². The maximum absolute atomic E-state index is 12.9. The Morgan fingerprint density at radius 2 is 1.25 bits per heavy atom. The number of carbonyl (C=O) groups is 4. The van der Waals surface area contributed by atoms with Gasteiger partial charge in [-0.05, 0) is 224 Å². The molecule has 3 unspecified atom stereocenters. The number of aldehydes is 1. The molecule has 2 amide bonds. The molecule has 0 aliphatic carbocycles. The third-order valence-electron chi connectivity index (χ3n) is 12.3. The Morgan fingerprint density at radius 1 is 0.815 bits per heavy atom. The first kappa shape index (κ1) is 127. The van der Waals surface area contributed by atoms with Gasteiger partial charge < -0.3 is 70.5 Å². The number of methoxy groups -OCH3 is 2. The van der Waals surface area contributed by atoms with E-state index in [-0.39, 0.29) is 122 Å². The number of unbranched alkanes of at least 4 members (excludes halogenated alkanes) is 1. The van der Waals surface area contributed by atoms with E-state index < -0.39 is 40.4 Å². The molecule has 3 aromatic rings. The number of nitrogens with one attached hydrogen (secondary N) is 2. The zero-order valence-electron chi connectivity index (χ0n) is 68.1. The molecule has 3 atom stereocenters. The summed E-state index contributed by atoms with van der Waals surface area (Å²) in [5, 5.41) is 21.2. The van der Waals surface area contributed by atoms with Crippen LogP contribution in [0.1, 0.15) is 182 Å². The number of carbonyl (C=O) groups excluding carboxylic acids is 4. The molecule has 3 aromatic heterocycles. The summed E-state index contributed by atoms with van der Waals surface area (Å²) in [7, 11) is 10.4. The first-order valence-corrected chi connectivity index (χ1v) is 41.2. The van der Waals surface area contributed by atoms with E-state index in [1.807, 2.05) is 122 Å². The molecule has 3 aliphatic rings. The van der Waals surface area contributed by atoms with Gasteiger partial charge in [0.25, 0.3) is 0 Å². The summed E-state index contributed by atoms with van der Waals surface area (Å²) in [5.74, 6) is 0.544. The number of thiol groups is 1. The number of aryl methyl sites for hydroxylation is 2. The maximum Gasteiger partial charge on any atom is 1.00 e. The molecule has 622 valence electrons. The number of aromatic nitrogens is 3. The number of nitrogens with zero attached hydrogens (tertiary/aromatic N) is 8. The van der Waals surface area contributed by atoms with Gasteiger partial charge in [0.1, 0.15) is 11.2 Å². The van der Waals surface area contributed by atoms with Crippen LogP contribution in [0, 0.1) is 32.6 Å². The second-order valence-electron chi connectivity index (χ2n) is 26.0. The third kappa shape index (κ3) is 76.9. The van der Waals surface area contributed by atoms with Crippen LogP contribution in [-0.4, -0.2) is 218 Å². The number of hydrogen-bond acceptors (Lipinski definition) is 27. The molecular formula is C68H130AlCl5Li2N10O18P2S2. The van der Waals surface area contributed by atoms with Gasteiger partial charge in [-0.3, -0.25) is 38.9 Å². The minimum absolute atomic E-state index is 0. The molecule has 6 heterocycles. The van der Waals surface area contributed by atoms with Crippen molar-refractivity contribution >= 4 is 143 Å². The minimum atomic E-state index is -3.22. The van der Waals surface area contributed by atoms with Crippen LogP contribution in [-0.2, 0) is 61.0 Å². The molecule has 0 spiro atoms. The summed E-state index contributed by atoms with van der Waals surface area (Å²) in [6.45, 7) is 38.6. The molecule has 0 radical (unpaired) electrons.